The number of nitriles is 1. The van der Waals surface area contributed by atoms with E-state index in [2.05, 4.69) is 25.0 Å². The highest BCUT2D eigenvalue weighted by molar-refractivity contribution is 7.99. The number of carbonyl (C=O) groups is 1. The third-order valence-electron chi connectivity index (χ3n) is 2.95. The fourth-order valence-electron chi connectivity index (χ4n) is 1.88. The molecule has 0 aliphatic heterocycles. The third kappa shape index (κ3) is 3.41. The number of aromatic nitrogens is 3. The molecule has 0 atom stereocenters. The zero-order chi connectivity index (χ0) is 16.2. The van der Waals surface area contributed by atoms with Crippen LogP contribution >= 0.6 is 11.8 Å². The van der Waals surface area contributed by atoms with E-state index in [0.29, 0.717) is 11.5 Å². The van der Waals surface area contributed by atoms with Gasteiger partial charge >= 0.3 is 6.09 Å². The van der Waals surface area contributed by atoms with Crippen LogP contribution in [0.15, 0.2) is 46.5 Å². The summed E-state index contributed by atoms with van der Waals surface area (Å²) in [5.74, 6) is 0.325. The molecule has 0 fully saturated rings. The molecule has 1 amide bonds. The second kappa shape index (κ2) is 6.37. The second-order valence-corrected chi connectivity index (χ2v) is 5.57. The fraction of sp³-hybridized carbons (Fsp3) is 0.0667. The van der Waals surface area contributed by atoms with Crippen LogP contribution < -0.4 is 5.32 Å². The van der Waals surface area contributed by atoms with Gasteiger partial charge in [-0.2, -0.15) is 5.26 Å². The molecule has 1 aromatic carbocycles. The summed E-state index contributed by atoms with van der Waals surface area (Å²) >= 11 is 1.46. The molecule has 8 heteroatoms. The van der Waals surface area contributed by atoms with Crippen LogP contribution in [0.25, 0.3) is 11.0 Å². The minimum atomic E-state index is -0.583. The lowest BCUT2D eigenvalue weighted by Crippen LogP contribution is -2.11. The largest absolute Gasteiger partial charge is 0.453 e. The van der Waals surface area contributed by atoms with Gasteiger partial charge in [-0.3, -0.25) is 5.32 Å². The molecule has 2 aromatic heterocycles. The first-order valence-electron chi connectivity index (χ1n) is 6.56. The van der Waals surface area contributed by atoms with E-state index in [9.17, 15) is 4.79 Å². The molecule has 0 spiro atoms. The maximum atomic E-state index is 11.2. The number of nitrogens with zero attached hydrogens (tertiary/aromatic N) is 3. The van der Waals surface area contributed by atoms with Crippen molar-refractivity contribution in [1.29, 1.82) is 5.26 Å². The first-order valence-corrected chi connectivity index (χ1v) is 7.38. The average Bonchev–Trinajstić information content (AvgIpc) is 2.96. The monoisotopic (exact) mass is 325 g/mol. The predicted molar refractivity (Wildman–Crippen MR) is 85.2 cm³/mol. The Labute approximate surface area is 135 Å². The Balaban J connectivity index is 1.81. The Bertz CT molecular complexity index is 898. The van der Waals surface area contributed by atoms with Crippen LogP contribution in [-0.4, -0.2) is 28.2 Å². The number of methoxy groups -OCH3 is 1. The van der Waals surface area contributed by atoms with Crippen molar-refractivity contribution in [2.75, 3.05) is 12.4 Å². The van der Waals surface area contributed by atoms with Crippen molar-refractivity contribution >= 4 is 34.8 Å². The number of benzene rings is 1. The highest BCUT2D eigenvalue weighted by Gasteiger charge is 2.08. The highest BCUT2D eigenvalue weighted by atomic mass is 32.2. The Morgan fingerprint density at radius 1 is 1.39 bits per heavy atom. The summed E-state index contributed by atoms with van der Waals surface area (Å²) in [5, 5.41) is 12.0. The lowest BCUT2D eigenvalue weighted by molar-refractivity contribution is 0.186. The summed E-state index contributed by atoms with van der Waals surface area (Å²) in [6.45, 7) is 0. The van der Waals surface area contributed by atoms with Crippen molar-refractivity contribution < 1.29 is 9.53 Å². The maximum absolute atomic E-state index is 11.2. The normalized spacial score (nSPS) is 10.3. The van der Waals surface area contributed by atoms with Crippen LogP contribution in [0.3, 0.4) is 0 Å². The van der Waals surface area contributed by atoms with E-state index in [1.165, 1.54) is 25.1 Å². The molecule has 0 bridgehead atoms. The molecule has 3 aromatic rings. The topological polar surface area (TPSA) is 104 Å². The van der Waals surface area contributed by atoms with Crippen LogP contribution in [0, 0.1) is 11.3 Å². The van der Waals surface area contributed by atoms with Crippen molar-refractivity contribution in [3.05, 3.63) is 42.1 Å². The van der Waals surface area contributed by atoms with E-state index < -0.39 is 6.09 Å². The molecule has 0 aliphatic carbocycles. The number of nitrogens with one attached hydrogen (secondary N) is 2. The van der Waals surface area contributed by atoms with Gasteiger partial charge in [0.2, 0.25) is 5.95 Å². The smallest absolute Gasteiger partial charge is 0.413 e. The number of amides is 1. The van der Waals surface area contributed by atoms with Gasteiger partial charge in [-0.1, -0.05) is 11.8 Å². The Morgan fingerprint density at radius 3 is 2.96 bits per heavy atom. The van der Waals surface area contributed by atoms with Gasteiger partial charge in [-0.15, -0.1) is 0 Å². The molecule has 2 N–H and O–H groups in total. The van der Waals surface area contributed by atoms with Gasteiger partial charge in [0.15, 0.2) is 0 Å². The minimum absolute atomic E-state index is 0.325. The molecular formula is C15H11N5O2S. The summed E-state index contributed by atoms with van der Waals surface area (Å²) < 4.78 is 4.53. The molecule has 114 valence electrons. The number of imidazole rings is 1. The molecule has 0 unspecified atom stereocenters. The average molecular weight is 325 g/mol. The lowest BCUT2D eigenvalue weighted by atomic mass is 10.3. The number of rotatable bonds is 3. The Kier molecular flexibility index (Phi) is 4.12. The van der Waals surface area contributed by atoms with E-state index in [1.807, 2.05) is 24.3 Å². The van der Waals surface area contributed by atoms with Crippen LogP contribution in [-0.2, 0) is 4.74 Å². The number of carbonyl (C=O) groups excluding carboxylic acids is 1. The first kappa shape index (κ1) is 14.9. The number of aromatic amines is 1. The standard InChI is InChI=1S/C15H11N5O2S/c1-22-15(21)20-14-18-11-4-3-10(6-12(11)19-14)23-13-5-2-9(7-16)8-17-13/h2-6,8H,1H3,(H2,18,19,20,21). The molecule has 23 heavy (non-hydrogen) atoms. The van der Waals surface area contributed by atoms with E-state index >= 15 is 0 Å². The van der Waals surface area contributed by atoms with E-state index in [1.54, 1.807) is 12.1 Å². The molecule has 0 aliphatic rings. The van der Waals surface area contributed by atoms with Gasteiger partial charge < -0.3 is 9.72 Å². The maximum Gasteiger partial charge on any atom is 0.413 e. The number of anilines is 1. The molecule has 0 saturated carbocycles. The van der Waals surface area contributed by atoms with Gasteiger partial charge in [0.1, 0.15) is 11.1 Å². The zero-order valence-electron chi connectivity index (χ0n) is 12.0. The summed E-state index contributed by atoms with van der Waals surface area (Å²) in [5.41, 5.74) is 2.04. The summed E-state index contributed by atoms with van der Waals surface area (Å²) in [6, 6.07) is 11.2. The van der Waals surface area contributed by atoms with Gasteiger partial charge in [0, 0.05) is 11.1 Å². The number of hydrogen-bond donors (Lipinski definition) is 2. The molecule has 3 rings (SSSR count). The van der Waals surface area contributed by atoms with Crippen molar-refractivity contribution in [3.63, 3.8) is 0 Å². The van der Waals surface area contributed by atoms with E-state index in [4.69, 9.17) is 5.26 Å². The molecule has 0 saturated heterocycles. The van der Waals surface area contributed by atoms with Gasteiger partial charge in [-0.05, 0) is 30.3 Å². The highest BCUT2D eigenvalue weighted by Crippen LogP contribution is 2.28. The predicted octanol–water partition coefficient (Wildman–Crippen LogP) is 3.16. The zero-order valence-corrected chi connectivity index (χ0v) is 12.8. The lowest BCUT2D eigenvalue weighted by Gasteiger charge is -2.00. The van der Waals surface area contributed by atoms with Crippen LogP contribution in [0.4, 0.5) is 10.7 Å². The second-order valence-electron chi connectivity index (χ2n) is 4.48. The number of fused-ring (bicyclic) bond motifs is 1. The van der Waals surface area contributed by atoms with Crippen molar-refractivity contribution in [2.24, 2.45) is 0 Å². The number of H-pyrrole nitrogens is 1. The number of pyridine rings is 1. The fourth-order valence-corrected chi connectivity index (χ4v) is 2.67. The molecule has 2 heterocycles. The van der Waals surface area contributed by atoms with Crippen molar-refractivity contribution in [1.82, 2.24) is 15.0 Å². The molecule has 7 nitrogen and oxygen atoms in total. The molecular weight excluding hydrogens is 314 g/mol. The van der Waals surface area contributed by atoms with Gasteiger partial charge in [0.25, 0.3) is 0 Å². The van der Waals surface area contributed by atoms with Crippen LogP contribution in [0.1, 0.15) is 5.56 Å². The van der Waals surface area contributed by atoms with Crippen molar-refractivity contribution in [3.8, 4) is 6.07 Å². The van der Waals surface area contributed by atoms with Crippen LogP contribution in [0.5, 0.6) is 0 Å². The van der Waals surface area contributed by atoms with Gasteiger partial charge in [-0.25, -0.2) is 14.8 Å². The first-order chi connectivity index (χ1) is 11.2. The summed E-state index contributed by atoms with van der Waals surface area (Å²) in [7, 11) is 1.29. The molecule has 0 radical (unpaired) electrons. The summed E-state index contributed by atoms with van der Waals surface area (Å²) in [6.07, 6.45) is 0.953. The quantitative estimate of drug-likeness (QED) is 0.766. The third-order valence-corrected chi connectivity index (χ3v) is 3.89. The number of hydrogen-bond acceptors (Lipinski definition) is 6. The summed E-state index contributed by atoms with van der Waals surface area (Å²) in [4.78, 5) is 23.6. The van der Waals surface area contributed by atoms with Crippen molar-refractivity contribution in [2.45, 2.75) is 9.92 Å². The number of ether oxygens (including phenoxy) is 1. The Morgan fingerprint density at radius 2 is 2.26 bits per heavy atom. The van der Waals surface area contributed by atoms with Crippen LogP contribution in [0.2, 0.25) is 0 Å². The van der Waals surface area contributed by atoms with E-state index in [-0.39, 0.29) is 0 Å². The van der Waals surface area contributed by atoms with E-state index in [0.717, 1.165) is 21.0 Å². The minimum Gasteiger partial charge on any atom is -0.453 e. The Hall–Kier alpha value is -3.05. The SMILES string of the molecule is COC(=O)Nc1nc2cc(Sc3ccc(C#N)cn3)ccc2[nH]1. The van der Waals surface area contributed by atoms with Gasteiger partial charge in [0.05, 0.1) is 23.7 Å².